The summed E-state index contributed by atoms with van der Waals surface area (Å²) in [6, 6.07) is 3.83. The van der Waals surface area contributed by atoms with Gasteiger partial charge in [-0.25, -0.2) is 4.98 Å². The Labute approximate surface area is 113 Å². The van der Waals surface area contributed by atoms with Gasteiger partial charge in [0.2, 0.25) is 0 Å². The molecule has 2 N–H and O–H groups in total. The number of methoxy groups -OCH3 is 1. The maximum absolute atomic E-state index is 12.1. The third-order valence-electron chi connectivity index (χ3n) is 3.44. The molecule has 0 aliphatic heterocycles. The van der Waals surface area contributed by atoms with Crippen LogP contribution in [0.3, 0.4) is 0 Å². The molecular weight excluding hydrogens is 242 g/mol. The van der Waals surface area contributed by atoms with Gasteiger partial charge in [-0.1, -0.05) is 0 Å². The lowest BCUT2D eigenvalue weighted by Gasteiger charge is -2.13. The van der Waals surface area contributed by atoms with Crippen LogP contribution in [0.4, 0.5) is 5.82 Å². The highest BCUT2D eigenvalue weighted by atomic mass is 16.5. The smallest absolute Gasteiger partial charge is 0.253 e. The van der Waals surface area contributed by atoms with E-state index in [-0.39, 0.29) is 18.1 Å². The highest BCUT2D eigenvalue weighted by Gasteiger charge is 2.25. The molecule has 0 aromatic carbocycles. The molecule has 1 amide bonds. The molecule has 2 unspecified atom stereocenters. The first-order valence-electron chi connectivity index (χ1n) is 6.76. The number of ether oxygens (including phenoxy) is 1. The molecule has 0 bridgehead atoms. The summed E-state index contributed by atoms with van der Waals surface area (Å²) in [6.45, 7) is 2.83. The maximum atomic E-state index is 12.1. The quantitative estimate of drug-likeness (QED) is 0.850. The number of amides is 1. The Kier molecular flexibility index (Phi) is 4.74. The van der Waals surface area contributed by atoms with Crippen LogP contribution in [0, 0.1) is 0 Å². The van der Waals surface area contributed by atoms with Crippen molar-refractivity contribution in [3.05, 3.63) is 23.9 Å². The summed E-state index contributed by atoms with van der Waals surface area (Å²) in [7, 11) is 1.72. The first-order valence-corrected chi connectivity index (χ1v) is 6.76. The molecule has 1 heterocycles. The number of nitrogens with zero attached hydrogens (tertiary/aromatic N) is 1. The van der Waals surface area contributed by atoms with E-state index < -0.39 is 0 Å². The fraction of sp³-hybridized carbons (Fsp3) is 0.571. The predicted molar refractivity (Wildman–Crippen MR) is 74.3 cm³/mol. The summed E-state index contributed by atoms with van der Waals surface area (Å²) in [5.41, 5.74) is 0.600. The molecular formula is C14H21N3O2. The average Bonchev–Trinajstić information content (AvgIpc) is 2.87. The zero-order valence-electron chi connectivity index (χ0n) is 11.5. The fourth-order valence-electron chi connectivity index (χ4n) is 2.37. The molecule has 1 aromatic heterocycles. The van der Waals surface area contributed by atoms with Crippen molar-refractivity contribution < 1.29 is 9.53 Å². The van der Waals surface area contributed by atoms with Gasteiger partial charge in [0, 0.05) is 25.9 Å². The minimum absolute atomic E-state index is 0.0581. The van der Waals surface area contributed by atoms with Crippen molar-refractivity contribution in [3.63, 3.8) is 0 Å². The van der Waals surface area contributed by atoms with E-state index in [0.717, 1.165) is 31.6 Å². The zero-order chi connectivity index (χ0) is 13.7. The molecule has 1 saturated carbocycles. The van der Waals surface area contributed by atoms with Gasteiger partial charge in [0.15, 0.2) is 0 Å². The van der Waals surface area contributed by atoms with E-state index in [9.17, 15) is 4.79 Å². The van der Waals surface area contributed by atoms with Crippen LogP contribution in [0.25, 0.3) is 0 Å². The van der Waals surface area contributed by atoms with Crippen LogP contribution in [-0.2, 0) is 4.74 Å². The van der Waals surface area contributed by atoms with Crippen molar-refractivity contribution in [2.75, 3.05) is 19.0 Å². The van der Waals surface area contributed by atoms with Gasteiger partial charge in [0.05, 0.1) is 11.7 Å². The van der Waals surface area contributed by atoms with Crippen LogP contribution in [0.5, 0.6) is 0 Å². The molecule has 2 atom stereocenters. The van der Waals surface area contributed by atoms with Crippen molar-refractivity contribution in [3.8, 4) is 0 Å². The minimum atomic E-state index is -0.0581. The average molecular weight is 263 g/mol. The zero-order valence-corrected chi connectivity index (χ0v) is 11.5. The van der Waals surface area contributed by atoms with Gasteiger partial charge >= 0.3 is 0 Å². The normalized spacial score (nSPS) is 22.2. The van der Waals surface area contributed by atoms with E-state index in [2.05, 4.69) is 15.6 Å². The van der Waals surface area contributed by atoms with Gasteiger partial charge in [0.1, 0.15) is 5.82 Å². The predicted octanol–water partition coefficient (Wildman–Crippen LogP) is 1.81. The molecule has 1 aliphatic carbocycles. The fourth-order valence-corrected chi connectivity index (χ4v) is 2.37. The number of nitrogens with one attached hydrogen (secondary N) is 2. The first-order chi connectivity index (χ1) is 9.22. The van der Waals surface area contributed by atoms with Gasteiger partial charge in [-0.3, -0.25) is 4.79 Å². The molecule has 1 aliphatic rings. The van der Waals surface area contributed by atoms with E-state index in [1.165, 1.54) is 0 Å². The highest BCUT2D eigenvalue weighted by Crippen LogP contribution is 2.21. The molecule has 1 fully saturated rings. The number of aromatic nitrogens is 1. The monoisotopic (exact) mass is 263 g/mol. The standard InChI is InChI=1S/C14H21N3O2/c1-3-15-13-7-4-10(9-16-13)14(18)17-11-5-6-12(8-11)19-2/h4,7,9,11-12H,3,5-6,8H2,1-2H3,(H,15,16)(H,17,18). The van der Waals surface area contributed by atoms with Crippen molar-refractivity contribution >= 4 is 11.7 Å². The Morgan fingerprint density at radius 2 is 2.32 bits per heavy atom. The Hall–Kier alpha value is -1.62. The topological polar surface area (TPSA) is 63.2 Å². The lowest BCUT2D eigenvalue weighted by atomic mass is 10.2. The van der Waals surface area contributed by atoms with Crippen LogP contribution in [-0.4, -0.2) is 36.7 Å². The van der Waals surface area contributed by atoms with Crippen molar-refractivity contribution in [2.45, 2.75) is 38.3 Å². The number of anilines is 1. The SMILES string of the molecule is CCNc1ccc(C(=O)NC2CCC(OC)C2)cn1. The van der Waals surface area contributed by atoms with E-state index in [1.807, 2.05) is 13.0 Å². The van der Waals surface area contributed by atoms with Gasteiger partial charge in [0.25, 0.3) is 5.91 Å². The van der Waals surface area contributed by atoms with Gasteiger partial charge in [-0.15, -0.1) is 0 Å². The molecule has 0 spiro atoms. The number of carbonyl (C=O) groups is 1. The maximum Gasteiger partial charge on any atom is 0.253 e. The lowest BCUT2D eigenvalue weighted by Crippen LogP contribution is -2.33. The second-order valence-corrected chi connectivity index (χ2v) is 4.80. The molecule has 5 heteroatoms. The number of pyridine rings is 1. The van der Waals surface area contributed by atoms with Crippen molar-refractivity contribution in [1.29, 1.82) is 0 Å². The molecule has 5 nitrogen and oxygen atoms in total. The van der Waals surface area contributed by atoms with Gasteiger partial charge in [-0.2, -0.15) is 0 Å². The van der Waals surface area contributed by atoms with Crippen LogP contribution in [0.15, 0.2) is 18.3 Å². The van der Waals surface area contributed by atoms with E-state index in [0.29, 0.717) is 5.56 Å². The molecule has 0 radical (unpaired) electrons. The third kappa shape index (κ3) is 3.67. The molecule has 19 heavy (non-hydrogen) atoms. The van der Waals surface area contributed by atoms with Gasteiger partial charge in [-0.05, 0) is 38.3 Å². The van der Waals surface area contributed by atoms with E-state index >= 15 is 0 Å². The number of hydrogen-bond acceptors (Lipinski definition) is 4. The minimum Gasteiger partial charge on any atom is -0.381 e. The Balaban J connectivity index is 1.89. The largest absolute Gasteiger partial charge is 0.381 e. The summed E-state index contributed by atoms with van der Waals surface area (Å²) in [5.74, 6) is 0.733. The lowest BCUT2D eigenvalue weighted by molar-refractivity contribution is 0.0914. The van der Waals surface area contributed by atoms with Crippen molar-refractivity contribution in [2.24, 2.45) is 0 Å². The number of carbonyl (C=O) groups excluding carboxylic acids is 1. The third-order valence-corrected chi connectivity index (χ3v) is 3.44. The summed E-state index contributed by atoms with van der Waals surface area (Å²) in [4.78, 5) is 16.3. The molecule has 0 saturated heterocycles. The number of hydrogen-bond donors (Lipinski definition) is 2. The second kappa shape index (κ2) is 6.52. The molecule has 104 valence electrons. The Morgan fingerprint density at radius 3 is 2.89 bits per heavy atom. The first kappa shape index (κ1) is 13.8. The molecule has 1 aromatic rings. The van der Waals surface area contributed by atoms with Crippen LogP contribution >= 0.6 is 0 Å². The van der Waals surface area contributed by atoms with Crippen molar-refractivity contribution in [1.82, 2.24) is 10.3 Å². The summed E-state index contributed by atoms with van der Waals surface area (Å²) in [5, 5.41) is 6.13. The van der Waals surface area contributed by atoms with E-state index in [4.69, 9.17) is 4.74 Å². The number of rotatable bonds is 5. The van der Waals surface area contributed by atoms with E-state index in [1.54, 1.807) is 19.4 Å². The Morgan fingerprint density at radius 1 is 1.47 bits per heavy atom. The summed E-state index contributed by atoms with van der Waals surface area (Å²) >= 11 is 0. The van der Waals surface area contributed by atoms with Crippen LogP contribution in [0.2, 0.25) is 0 Å². The molecule has 2 rings (SSSR count). The van der Waals surface area contributed by atoms with Crippen LogP contribution in [0.1, 0.15) is 36.5 Å². The van der Waals surface area contributed by atoms with Gasteiger partial charge < -0.3 is 15.4 Å². The summed E-state index contributed by atoms with van der Waals surface area (Å²) < 4.78 is 5.30. The second-order valence-electron chi connectivity index (χ2n) is 4.80. The van der Waals surface area contributed by atoms with Crippen LogP contribution < -0.4 is 10.6 Å². The highest BCUT2D eigenvalue weighted by molar-refractivity contribution is 5.94. The Bertz CT molecular complexity index is 419. The summed E-state index contributed by atoms with van der Waals surface area (Å²) in [6.07, 6.45) is 4.77.